The molecule has 1 aromatic heterocycles. The molecule has 84 valence electrons. The second-order valence-corrected chi connectivity index (χ2v) is 3.96. The van der Waals surface area contributed by atoms with Gasteiger partial charge in [0.2, 0.25) is 0 Å². The largest absolute Gasteiger partial charge is 0.494 e. The van der Waals surface area contributed by atoms with Crippen LogP contribution in [0.15, 0.2) is 48.7 Å². The Labute approximate surface area is 99.9 Å². The molecule has 1 heterocycles. The molecule has 0 unspecified atom stereocenters. The van der Waals surface area contributed by atoms with Crippen molar-refractivity contribution in [3.8, 4) is 5.75 Å². The monoisotopic (exact) mass is 223 g/mol. The van der Waals surface area contributed by atoms with Crippen LogP contribution >= 0.6 is 0 Å². The third-order valence-electron chi connectivity index (χ3n) is 2.87. The van der Waals surface area contributed by atoms with Gasteiger partial charge >= 0.3 is 0 Å². The highest BCUT2D eigenvalue weighted by Gasteiger charge is 2.02. The molecule has 3 aromatic rings. The van der Waals surface area contributed by atoms with Crippen LogP contribution in [0.3, 0.4) is 0 Å². The average Bonchev–Trinajstić information content (AvgIpc) is 2.39. The maximum Gasteiger partial charge on any atom is 0.120 e. The van der Waals surface area contributed by atoms with Crippen LogP contribution in [-0.2, 0) is 0 Å². The molecular formula is C15H13NO. The third-order valence-corrected chi connectivity index (χ3v) is 2.87. The van der Waals surface area contributed by atoms with Crippen LogP contribution in [0, 0.1) is 0 Å². The van der Waals surface area contributed by atoms with Crippen molar-refractivity contribution in [1.82, 2.24) is 4.98 Å². The van der Waals surface area contributed by atoms with Crippen LogP contribution in [0.5, 0.6) is 5.75 Å². The highest BCUT2D eigenvalue weighted by Crippen LogP contribution is 2.26. The quantitative estimate of drug-likeness (QED) is 0.617. The summed E-state index contributed by atoms with van der Waals surface area (Å²) in [6.07, 6.45) is 1.91. The first kappa shape index (κ1) is 10.1. The number of rotatable bonds is 2. The minimum absolute atomic E-state index is 0.684. The molecule has 0 fully saturated rings. The Morgan fingerprint density at radius 1 is 1.06 bits per heavy atom. The second kappa shape index (κ2) is 4.06. The lowest BCUT2D eigenvalue weighted by Crippen LogP contribution is -1.91. The van der Waals surface area contributed by atoms with Crippen molar-refractivity contribution < 1.29 is 4.74 Å². The molecule has 17 heavy (non-hydrogen) atoms. The summed E-state index contributed by atoms with van der Waals surface area (Å²) in [4.78, 5) is 4.46. The zero-order valence-corrected chi connectivity index (χ0v) is 9.68. The molecular weight excluding hydrogens is 210 g/mol. The van der Waals surface area contributed by atoms with Crippen LogP contribution in [0.4, 0.5) is 0 Å². The minimum atomic E-state index is 0.684. The Kier molecular flexibility index (Phi) is 2.41. The van der Waals surface area contributed by atoms with E-state index in [9.17, 15) is 0 Å². The van der Waals surface area contributed by atoms with Crippen molar-refractivity contribution in [3.63, 3.8) is 0 Å². The first-order chi connectivity index (χ1) is 8.38. The molecule has 3 rings (SSSR count). The summed E-state index contributed by atoms with van der Waals surface area (Å²) in [6.45, 7) is 2.68. The van der Waals surface area contributed by atoms with E-state index in [1.54, 1.807) is 0 Å². The Bertz CT molecular complexity index is 676. The fraction of sp³-hybridized carbons (Fsp3) is 0.133. The number of pyridine rings is 1. The molecule has 2 nitrogen and oxygen atoms in total. The van der Waals surface area contributed by atoms with Crippen LogP contribution in [0.1, 0.15) is 6.92 Å². The summed E-state index contributed by atoms with van der Waals surface area (Å²) in [5.41, 5.74) is 1.01. The summed E-state index contributed by atoms with van der Waals surface area (Å²) >= 11 is 0. The predicted octanol–water partition coefficient (Wildman–Crippen LogP) is 3.79. The van der Waals surface area contributed by atoms with Crippen molar-refractivity contribution >= 4 is 21.7 Å². The predicted molar refractivity (Wildman–Crippen MR) is 70.4 cm³/mol. The molecule has 0 radical (unpaired) electrons. The average molecular weight is 223 g/mol. The van der Waals surface area contributed by atoms with Crippen molar-refractivity contribution in [2.24, 2.45) is 0 Å². The number of hydrogen-bond donors (Lipinski definition) is 0. The Morgan fingerprint density at radius 2 is 1.94 bits per heavy atom. The standard InChI is InChI=1S/C15H13NO/c1-2-17-12-7-8-15-14(9-12)13-6-4-3-5-11(13)10-16-15/h3-10H,2H2,1H3. The highest BCUT2D eigenvalue weighted by molar-refractivity contribution is 6.05. The van der Waals surface area contributed by atoms with Gasteiger partial charge in [0, 0.05) is 17.0 Å². The van der Waals surface area contributed by atoms with Crippen molar-refractivity contribution in [2.45, 2.75) is 6.92 Å². The van der Waals surface area contributed by atoms with Crippen LogP contribution in [-0.4, -0.2) is 11.6 Å². The molecule has 0 spiro atoms. The zero-order chi connectivity index (χ0) is 11.7. The first-order valence-corrected chi connectivity index (χ1v) is 5.79. The summed E-state index contributed by atoms with van der Waals surface area (Å²) in [6, 6.07) is 14.3. The van der Waals surface area contributed by atoms with Gasteiger partial charge in [-0.1, -0.05) is 24.3 Å². The smallest absolute Gasteiger partial charge is 0.120 e. The molecule has 0 saturated heterocycles. The van der Waals surface area contributed by atoms with Gasteiger partial charge in [-0.25, -0.2) is 0 Å². The number of aromatic nitrogens is 1. The molecule has 2 heteroatoms. The van der Waals surface area contributed by atoms with Gasteiger partial charge in [0.25, 0.3) is 0 Å². The van der Waals surface area contributed by atoms with Gasteiger partial charge in [-0.05, 0) is 30.5 Å². The Hall–Kier alpha value is -2.09. The molecule has 0 amide bonds. The number of hydrogen-bond acceptors (Lipinski definition) is 2. The van der Waals surface area contributed by atoms with Crippen LogP contribution in [0.2, 0.25) is 0 Å². The molecule has 2 aromatic carbocycles. The Balaban J connectivity index is 2.34. The van der Waals surface area contributed by atoms with E-state index in [-0.39, 0.29) is 0 Å². The lowest BCUT2D eigenvalue weighted by molar-refractivity contribution is 0.341. The highest BCUT2D eigenvalue weighted by atomic mass is 16.5. The van der Waals surface area contributed by atoms with Crippen molar-refractivity contribution in [1.29, 1.82) is 0 Å². The summed E-state index contributed by atoms with van der Waals surface area (Å²) in [7, 11) is 0. The van der Waals surface area contributed by atoms with Gasteiger partial charge in [-0.3, -0.25) is 4.98 Å². The molecule has 0 bridgehead atoms. The molecule has 0 aliphatic rings. The van der Waals surface area contributed by atoms with E-state index in [1.165, 1.54) is 5.39 Å². The summed E-state index contributed by atoms with van der Waals surface area (Å²) in [5, 5.41) is 3.53. The zero-order valence-electron chi connectivity index (χ0n) is 9.68. The van der Waals surface area contributed by atoms with Gasteiger partial charge in [0.15, 0.2) is 0 Å². The normalized spacial score (nSPS) is 10.9. The van der Waals surface area contributed by atoms with Gasteiger partial charge in [0.1, 0.15) is 5.75 Å². The van der Waals surface area contributed by atoms with E-state index < -0.39 is 0 Å². The Morgan fingerprint density at radius 3 is 2.82 bits per heavy atom. The topological polar surface area (TPSA) is 22.1 Å². The number of benzene rings is 2. The molecule has 0 atom stereocenters. The molecule has 0 N–H and O–H groups in total. The van der Waals surface area contributed by atoms with E-state index >= 15 is 0 Å². The fourth-order valence-electron chi connectivity index (χ4n) is 2.09. The maximum absolute atomic E-state index is 5.54. The SMILES string of the molecule is CCOc1ccc2ncc3ccccc3c2c1. The van der Waals surface area contributed by atoms with E-state index in [1.807, 2.05) is 31.3 Å². The van der Waals surface area contributed by atoms with E-state index in [0.717, 1.165) is 22.0 Å². The molecule has 0 saturated carbocycles. The van der Waals surface area contributed by atoms with E-state index in [4.69, 9.17) is 4.74 Å². The maximum atomic E-state index is 5.54. The summed E-state index contributed by atoms with van der Waals surface area (Å²) in [5.74, 6) is 0.901. The first-order valence-electron chi connectivity index (χ1n) is 5.79. The fourth-order valence-corrected chi connectivity index (χ4v) is 2.09. The summed E-state index contributed by atoms with van der Waals surface area (Å²) < 4.78 is 5.54. The third kappa shape index (κ3) is 1.72. The van der Waals surface area contributed by atoms with Gasteiger partial charge in [-0.2, -0.15) is 0 Å². The van der Waals surface area contributed by atoms with Gasteiger partial charge < -0.3 is 4.74 Å². The van der Waals surface area contributed by atoms with E-state index in [0.29, 0.717) is 6.61 Å². The van der Waals surface area contributed by atoms with Gasteiger partial charge in [0.05, 0.1) is 12.1 Å². The number of ether oxygens (including phenoxy) is 1. The lowest BCUT2D eigenvalue weighted by Gasteiger charge is -2.06. The van der Waals surface area contributed by atoms with Crippen LogP contribution in [0.25, 0.3) is 21.7 Å². The number of nitrogens with zero attached hydrogens (tertiary/aromatic N) is 1. The lowest BCUT2D eigenvalue weighted by atomic mass is 10.1. The van der Waals surface area contributed by atoms with Crippen LogP contribution < -0.4 is 4.74 Å². The van der Waals surface area contributed by atoms with E-state index in [2.05, 4.69) is 29.2 Å². The second-order valence-electron chi connectivity index (χ2n) is 3.96. The van der Waals surface area contributed by atoms with Crippen molar-refractivity contribution in [2.75, 3.05) is 6.61 Å². The van der Waals surface area contributed by atoms with Crippen molar-refractivity contribution in [3.05, 3.63) is 48.7 Å². The van der Waals surface area contributed by atoms with Gasteiger partial charge in [-0.15, -0.1) is 0 Å². The minimum Gasteiger partial charge on any atom is -0.494 e. The molecule has 0 aliphatic carbocycles. The molecule has 0 aliphatic heterocycles. The number of fused-ring (bicyclic) bond motifs is 3.